The van der Waals surface area contributed by atoms with Gasteiger partial charge in [-0.05, 0) is 36.4 Å². The van der Waals surface area contributed by atoms with Crippen LogP contribution in [0.2, 0.25) is 0 Å². The van der Waals surface area contributed by atoms with Gasteiger partial charge in [0.2, 0.25) is 5.91 Å². The van der Waals surface area contributed by atoms with Crippen LogP contribution in [-0.4, -0.2) is 58.3 Å². The number of allylic oxidation sites excluding steroid dienone is 1. The number of thioether (sulfide) groups is 1. The molecule has 2 amide bonds. The van der Waals surface area contributed by atoms with Gasteiger partial charge in [0.15, 0.2) is 11.0 Å². The number of carbonyl (C=O) groups is 2. The predicted octanol–water partition coefficient (Wildman–Crippen LogP) is 2.68. The molecule has 35 heavy (non-hydrogen) atoms. The maximum absolute atomic E-state index is 12.7. The maximum Gasteiger partial charge on any atom is 0.251 e. The number of hydrogen-bond acceptors (Lipinski definition) is 8. The summed E-state index contributed by atoms with van der Waals surface area (Å²) in [4.78, 5) is 25.1. The second-order valence-corrected chi connectivity index (χ2v) is 8.19. The first-order valence-electron chi connectivity index (χ1n) is 10.7. The quantitative estimate of drug-likeness (QED) is 0.257. The van der Waals surface area contributed by atoms with Crippen LogP contribution < -0.4 is 20.1 Å². The SMILES string of the molecule is C=CCn1c(SCC(=O)Nc2cccc(OC)c2)nnc1[C@@H](CO)NC(=O)c1ccc(OC)cc1. The molecule has 0 aliphatic rings. The minimum atomic E-state index is -0.808. The summed E-state index contributed by atoms with van der Waals surface area (Å²) in [5, 5.41) is 24.3. The monoisotopic (exact) mass is 497 g/mol. The van der Waals surface area contributed by atoms with Crippen LogP contribution in [-0.2, 0) is 11.3 Å². The summed E-state index contributed by atoms with van der Waals surface area (Å²) in [6, 6.07) is 12.8. The molecule has 0 saturated heterocycles. The number of aliphatic hydroxyl groups is 1. The fraction of sp³-hybridized carbons (Fsp3) is 0.250. The summed E-state index contributed by atoms with van der Waals surface area (Å²) >= 11 is 1.18. The summed E-state index contributed by atoms with van der Waals surface area (Å²) in [5.74, 6) is 1.08. The third-order valence-electron chi connectivity index (χ3n) is 4.89. The highest BCUT2D eigenvalue weighted by molar-refractivity contribution is 7.99. The van der Waals surface area contributed by atoms with Crippen molar-refractivity contribution in [2.75, 3.05) is 31.9 Å². The van der Waals surface area contributed by atoms with E-state index >= 15 is 0 Å². The lowest BCUT2D eigenvalue weighted by Crippen LogP contribution is -2.33. The highest BCUT2D eigenvalue weighted by Crippen LogP contribution is 2.23. The lowest BCUT2D eigenvalue weighted by Gasteiger charge is -2.17. The van der Waals surface area contributed by atoms with Crippen LogP contribution in [0, 0.1) is 0 Å². The smallest absolute Gasteiger partial charge is 0.251 e. The Morgan fingerprint density at radius 3 is 2.54 bits per heavy atom. The van der Waals surface area contributed by atoms with Gasteiger partial charge < -0.3 is 29.8 Å². The van der Waals surface area contributed by atoms with Crippen molar-refractivity contribution in [3.8, 4) is 11.5 Å². The van der Waals surface area contributed by atoms with Crippen molar-refractivity contribution in [2.24, 2.45) is 0 Å². The molecule has 0 aliphatic heterocycles. The second kappa shape index (κ2) is 12.6. The third kappa shape index (κ3) is 6.84. The van der Waals surface area contributed by atoms with Crippen molar-refractivity contribution in [3.05, 3.63) is 72.6 Å². The first kappa shape index (κ1) is 25.8. The first-order chi connectivity index (χ1) is 17.0. The minimum Gasteiger partial charge on any atom is -0.497 e. The van der Waals surface area contributed by atoms with Gasteiger partial charge in [-0.25, -0.2) is 0 Å². The molecular formula is C24H27N5O5S. The van der Waals surface area contributed by atoms with Crippen molar-refractivity contribution in [3.63, 3.8) is 0 Å². The number of benzene rings is 2. The van der Waals surface area contributed by atoms with Crippen LogP contribution in [0.25, 0.3) is 0 Å². The van der Waals surface area contributed by atoms with Gasteiger partial charge in [0.25, 0.3) is 5.91 Å². The van der Waals surface area contributed by atoms with Crippen molar-refractivity contribution in [1.29, 1.82) is 0 Å². The molecule has 0 bridgehead atoms. The van der Waals surface area contributed by atoms with Gasteiger partial charge in [0.05, 0.1) is 26.6 Å². The molecule has 0 radical (unpaired) electrons. The standard InChI is InChI=1S/C24H27N5O5S/c1-4-12-29-22(20(14-30)26-23(32)16-8-10-18(33-2)11-9-16)27-28-24(29)35-15-21(31)25-17-6-5-7-19(13-17)34-3/h4-11,13,20,30H,1,12,14-15H2,2-3H3,(H,25,31)(H,26,32)/t20-/m1/s1. The Labute approximate surface area is 207 Å². The Balaban J connectivity index is 1.69. The van der Waals surface area contributed by atoms with Crippen LogP contribution in [0.4, 0.5) is 5.69 Å². The van der Waals surface area contributed by atoms with Gasteiger partial charge in [0.1, 0.15) is 17.5 Å². The van der Waals surface area contributed by atoms with Crippen LogP contribution in [0.3, 0.4) is 0 Å². The van der Waals surface area contributed by atoms with E-state index in [9.17, 15) is 14.7 Å². The van der Waals surface area contributed by atoms with Gasteiger partial charge in [-0.1, -0.05) is 23.9 Å². The zero-order valence-corrected chi connectivity index (χ0v) is 20.2. The second-order valence-electron chi connectivity index (χ2n) is 7.25. The molecule has 0 saturated carbocycles. The fourth-order valence-corrected chi connectivity index (χ4v) is 3.92. The number of aliphatic hydroxyl groups excluding tert-OH is 1. The third-order valence-corrected chi connectivity index (χ3v) is 5.86. The minimum absolute atomic E-state index is 0.0779. The van der Waals surface area contributed by atoms with Crippen molar-refractivity contribution in [2.45, 2.75) is 17.7 Å². The van der Waals surface area contributed by atoms with E-state index in [0.717, 1.165) is 0 Å². The number of hydrogen-bond donors (Lipinski definition) is 3. The van der Waals surface area contributed by atoms with Crippen LogP contribution in [0.5, 0.6) is 11.5 Å². The summed E-state index contributed by atoms with van der Waals surface area (Å²) in [5.41, 5.74) is 1.02. The van der Waals surface area contributed by atoms with Gasteiger partial charge in [0, 0.05) is 23.9 Å². The number of amides is 2. The van der Waals surface area contributed by atoms with Crippen LogP contribution in [0.1, 0.15) is 22.2 Å². The molecule has 0 unspecified atom stereocenters. The number of nitrogens with one attached hydrogen (secondary N) is 2. The lowest BCUT2D eigenvalue weighted by molar-refractivity contribution is -0.113. The molecule has 184 valence electrons. The zero-order chi connectivity index (χ0) is 25.2. The van der Waals surface area contributed by atoms with E-state index in [2.05, 4.69) is 27.4 Å². The lowest BCUT2D eigenvalue weighted by atomic mass is 10.2. The van der Waals surface area contributed by atoms with E-state index in [-0.39, 0.29) is 17.6 Å². The molecule has 0 aliphatic carbocycles. The molecule has 1 heterocycles. The summed E-state index contributed by atoms with van der Waals surface area (Å²) in [6.07, 6.45) is 1.65. The molecule has 0 spiro atoms. The zero-order valence-electron chi connectivity index (χ0n) is 19.4. The Morgan fingerprint density at radius 1 is 1.14 bits per heavy atom. The summed E-state index contributed by atoms with van der Waals surface area (Å²) in [7, 11) is 3.10. The van der Waals surface area contributed by atoms with E-state index in [1.807, 2.05) is 0 Å². The molecule has 2 aromatic carbocycles. The summed E-state index contributed by atoms with van der Waals surface area (Å²) < 4.78 is 12.0. The topological polar surface area (TPSA) is 128 Å². The molecule has 1 aromatic heterocycles. The molecule has 3 N–H and O–H groups in total. The van der Waals surface area contributed by atoms with Crippen molar-refractivity contribution in [1.82, 2.24) is 20.1 Å². The van der Waals surface area contributed by atoms with Gasteiger partial charge >= 0.3 is 0 Å². The molecular weight excluding hydrogens is 470 g/mol. The fourth-order valence-electron chi connectivity index (χ4n) is 3.17. The van der Waals surface area contributed by atoms with Gasteiger partial charge in [-0.15, -0.1) is 16.8 Å². The predicted molar refractivity (Wildman–Crippen MR) is 133 cm³/mol. The molecule has 3 rings (SSSR count). The molecule has 10 nitrogen and oxygen atoms in total. The molecule has 0 fully saturated rings. The molecule has 1 atom stereocenters. The largest absolute Gasteiger partial charge is 0.497 e. The summed E-state index contributed by atoms with van der Waals surface area (Å²) in [6.45, 7) is 3.70. The Morgan fingerprint density at radius 2 is 1.89 bits per heavy atom. The van der Waals surface area contributed by atoms with E-state index in [1.165, 1.54) is 11.8 Å². The van der Waals surface area contributed by atoms with Crippen LogP contribution >= 0.6 is 11.8 Å². The van der Waals surface area contributed by atoms with E-state index < -0.39 is 12.6 Å². The van der Waals surface area contributed by atoms with Crippen molar-refractivity contribution >= 4 is 29.3 Å². The number of aromatic nitrogens is 3. The van der Waals surface area contributed by atoms with E-state index in [0.29, 0.717) is 40.3 Å². The molecule has 3 aromatic rings. The first-order valence-corrected chi connectivity index (χ1v) is 11.6. The number of rotatable bonds is 12. The van der Waals surface area contributed by atoms with Crippen molar-refractivity contribution < 1.29 is 24.2 Å². The number of nitrogens with zero attached hydrogens (tertiary/aromatic N) is 3. The Hall–Kier alpha value is -3.83. The van der Waals surface area contributed by atoms with Gasteiger partial charge in [-0.3, -0.25) is 9.59 Å². The van der Waals surface area contributed by atoms with Gasteiger partial charge in [-0.2, -0.15) is 0 Å². The normalized spacial score (nSPS) is 11.4. The Kier molecular flexibility index (Phi) is 9.27. The highest BCUT2D eigenvalue weighted by Gasteiger charge is 2.23. The Bertz CT molecular complexity index is 1170. The number of anilines is 1. The number of ether oxygens (including phenoxy) is 2. The molecule has 11 heteroatoms. The average Bonchev–Trinajstić information content (AvgIpc) is 3.28. The average molecular weight is 498 g/mol. The van der Waals surface area contributed by atoms with Crippen LogP contribution in [0.15, 0.2) is 66.3 Å². The maximum atomic E-state index is 12.7. The van der Waals surface area contributed by atoms with E-state index in [1.54, 1.807) is 73.4 Å². The number of methoxy groups -OCH3 is 2. The van der Waals surface area contributed by atoms with E-state index in [4.69, 9.17) is 9.47 Å². The highest BCUT2D eigenvalue weighted by atomic mass is 32.2. The number of carbonyl (C=O) groups excluding carboxylic acids is 2.